The normalized spacial score (nSPS) is 11.3. The molecule has 140 valence electrons. The van der Waals surface area contributed by atoms with Gasteiger partial charge in [0.05, 0.1) is 13.7 Å². The molecule has 2 aromatic heterocycles. The maximum atomic E-state index is 5.22. The minimum atomic E-state index is 0.740. The Morgan fingerprint density at radius 3 is 2.67 bits per heavy atom. The van der Waals surface area contributed by atoms with Crippen molar-refractivity contribution in [2.75, 3.05) is 20.7 Å². The third-order valence-electron chi connectivity index (χ3n) is 4.13. The second kappa shape index (κ2) is 9.73. The van der Waals surface area contributed by atoms with Gasteiger partial charge in [0.1, 0.15) is 5.75 Å². The van der Waals surface area contributed by atoms with E-state index in [-0.39, 0.29) is 0 Å². The third kappa shape index (κ3) is 5.56. The smallest absolute Gasteiger partial charge is 0.191 e. The summed E-state index contributed by atoms with van der Waals surface area (Å²) in [5.41, 5.74) is 3.48. The Morgan fingerprint density at radius 2 is 1.96 bits per heavy atom. The average Bonchev–Trinajstić information content (AvgIpc) is 3.20. The van der Waals surface area contributed by atoms with E-state index in [1.165, 1.54) is 16.0 Å². The molecular weight excluding hydrogens is 356 g/mol. The van der Waals surface area contributed by atoms with E-state index >= 15 is 0 Å². The Kier molecular flexibility index (Phi) is 6.82. The Labute approximate surface area is 164 Å². The number of aromatic nitrogens is 1. The lowest BCUT2D eigenvalue weighted by atomic mass is 10.1. The van der Waals surface area contributed by atoms with Gasteiger partial charge in [0.25, 0.3) is 0 Å². The summed E-state index contributed by atoms with van der Waals surface area (Å²) in [6.07, 6.45) is 2.68. The summed E-state index contributed by atoms with van der Waals surface area (Å²) >= 11 is 1.74. The fourth-order valence-electron chi connectivity index (χ4n) is 2.65. The van der Waals surface area contributed by atoms with E-state index in [1.807, 2.05) is 36.5 Å². The van der Waals surface area contributed by atoms with Gasteiger partial charge in [0, 0.05) is 36.8 Å². The van der Waals surface area contributed by atoms with Gasteiger partial charge in [0.2, 0.25) is 0 Å². The monoisotopic (exact) mass is 380 g/mol. The highest BCUT2D eigenvalue weighted by Gasteiger charge is 2.05. The molecule has 0 amide bonds. The molecule has 0 fully saturated rings. The molecule has 0 aliphatic rings. The molecule has 2 N–H and O–H groups in total. The van der Waals surface area contributed by atoms with Crippen molar-refractivity contribution < 1.29 is 4.74 Å². The van der Waals surface area contributed by atoms with E-state index in [0.717, 1.165) is 36.9 Å². The quantitative estimate of drug-likeness (QED) is 0.484. The van der Waals surface area contributed by atoms with E-state index in [9.17, 15) is 0 Å². The van der Waals surface area contributed by atoms with Crippen LogP contribution in [0.25, 0.3) is 11.1 Å². The SMILES string of the molecule is CN=C(NCCc1ccccn1)NCc1cc(-c2ccc(OC)cc2)cs1. The minimum absolute atomic E-state index is 0.740. The summed E-state index contributed by atoms with van der Waals surface area (Å²) in [6, 6.07) is 16.3. The van der Waals surface area contributed by atoms with Crippen molar-refractivity contribution in [2.45, 2.75) is 13.0 Å². The number of nitrogens with one attached hydrogen (secondary N) is 2. The zero-order chi connectivity index (χ0) is 18.9. The van der Waals surface area contributed by atoms with Crippen LogP contribution in [0.4, 0.5) is 0 Å². The van der Waals surface area contributed by atoms with Crippen LogP contribution in [0.3, 0.4) is 0 Å². The highest BCUT2D eigenvalue weighted by atomic mass is 32.1. The van der Waals surface area contributed by atoms with Crippen LogP contribution in [0.5, 0.6) is 5.75 Å². The number of pyridine rings is 1. The van der Waals surface area contributed by atoms with E-state index in [0.29, 0.717) is 0 Å². The molecule has 3 rings (SSSR count). The van der Waals surface area contributed by atoms with Crippen LogP contribution in [-0.2, 0) is 13.0 Å². The van der Waals surface area contributed by atoms with Crippen molar-refractivity contribution in [3.63, 3.8) is 0 Å². The van der Waals surface area contributed by atoms with Gasteiger partial charge in [-0.15, -0.1) is 11.3 Å². The molecule has 2 heterocycles. The number of rotatable bonds is 7. The molecular formula is C21H24N4OS. The largest absolute Gasteiger partial charge is 0.497 e. The Bertz CT molecular complexity index is 859. The number of hydrogen-bond donors (Lipinski definition) is 2. The van der Waals surface area contributed by atoms with Gasteiger partial charge < -0.3 is 15.4 Å². The first-order valence-corrected chi connectivity index (χ1v) is 9.72. The zero-order valence-corrected chi connectivity index (χ0v) is 16.4. The maximum Gasteiger partial charge on any atom is 0.191 e. The van der Waals surface area contributed by atoms with Crippen LogP contribution < -0.4 is 15.4 Å². The van der Waals surface area contributed by atoms with Gasteiger partial charge in [-0.2, -0.15) is 0 Å². The molecule has 3 aromatic rings. The molecule has 0 spiro atoms. The fraction of sp³-hybridized carbons (Fsp3) is 0.238. The number of thiophene rings is 1. The molecule has 0 radical (unpaired) electrons. The summed E-state index contributed by atoms with van der Waals surface area (Å²) in [5, 5.41) is 8.87. The maximum absolute atomic E-state index is 5.22. The van der Waals surface area contributed by atoms with Gasteiger partial charge in [-0.1, -0.05) is 18.2 Å². The van der Waals surface area contributed by atoms with Crippen molar-refractivity contribution >= 4 is 17.3 Å². The second-order valence-corrected chi connectivity index (χ2v) is 6.95. The van der Waals surface area contributed by atoms with Crippen molar-refractivity contribution in [2.24, 2.45) is 4.99 Å². The molecule has 0 atom stereocenters. The number of nitrogens with zero attached hydrogens (tertiary/aromatic N) is 2. The van der Waals surface area contributed by atoms with E-state index in [2.05, 4.69) is 44.2 Å². The predicted octanol–water partition coefficient (Wildman–Crippen LogP) is 3.73. The molecule has 0 unspecified atom stereocenters. The van der Waals surface area contributed by atoms with Crippen LogP contribution >= 0.6 is 11.3 Å². The first kappa shape index (κ1) is 18.9. The molecule has 0 bridgehead atoms. The number of methoxy groups -OCH3 is 1. The average molecular weight is 381 g/mol. The highest BCUT2D eigenvalue weighted by Crippen LogP contribution is 2.27. The standard InChI is InChI=1S/C21H24N4OS/c1-22-21(24-12-10-18-5-3-4-11-23-18)25-14-20-13-17(15-27-20)16-6-8-19(26-2)9-7-16/h3-9,11,13,15H,10,12,14H2,1-2H3,(H2,22,24,25). The zero-order valence-electron chi connectivity index (χ0n) is 15.6. The molecule has 27 heavy (non-hydrogen) atoms. The Hall–Kier alpha value is -2.86. The van der Waals surface area contributed by atoms with E-state index in [1.54, 1.807) is 25.5 Å². The van der Waals surface area contributed by atoms with Crippen molar-refractivity contribution in [3.05, 3.63) is 70.7 Å². The molecule has 0 aliphatic carbocycles. The predicted molar refractivity (Wildman–Crippen MR) is 112 cm³/mol. The van der Waals surface area contributed by atoms with Gasteiger partial charge in [-0.25, -0.2) is 0 Å². The number of hydrogen-bond acceptors (Lipinski definition) is 4. The highest BCUT2D eigenvalue weighted by molar-refractivity contribution is 7.10. The van der Waals surface area contributed by atoms with Crippen LogP contribution in [0, 0.1) is 0 Å². The molecule has 6 heteroatoms. The van der Waals surface area contributed by atoms with Gasteiger partial charge in [-0.05, 0) is 46.8 Å². The van der Waals surface area contributed by atoms with Crippen LogP contribution in [-0.4, -0.2) is 31.6 Å². The van der Waals surface area contributed by atoms with Gasteiger partial charge in [0.15, 0.2) is 5.96 Å². The lowest BCUT2D eigenvalue weighted by molar-refractivity contribution is 0.415. The van der Waals surface area contributed by atoms with Crippen molar-refractivity contribution in [3.8, 4) is 16.9 Å². The molecule has 0 aliphatic heterocycles. The molecule has 0 saturated heterocycles. The minimum Gasteiger partial charge on any atom is -0.497 e. The lowest BCUT2D eigenvalue weighted by Gasteiger charge is -2.10. The summed E-state index contributed by atoms with van der Waals surface area (Å²) < 4.78 is 5.22. The molecule has 0 saturated carbocycles. The summed E-state index contributed by atoms with van der Waals surface area (Å²) in [6.45, 7) is 1.53. The van der Waals surface area contributed by atoms with Crippen LogP contribution in [0.2, 0.25) is 0 Å². The first-order valence-electron chi connectivity index (χ1n) is 8.85. The van der Waals surface area contributed by atoms with Gasteiger partial charge >= 0.3 is 0 Å². The van der Waals surface area contributed by atoms with Gasteiger partial charge in [-0.3, -0.25) is 9.98 Å². The topological polar surface area (TPSA) is 58.5 Å². The third-order valence-corrected chi connectivity index (χ3v) is 5.07. The number of ether oxygens (including phenoxy) is 1. The van der Waals surface area contributed by atoms with Crippen molar-refractivity contribution in [1.82, 2.24) is 15.6 Å². The lowest BCUT2D eigenvalue weighted by Crippen LogP contribution is -2.37. The molecule has 1 aromatic carbocycles. The summed E-state index contributed by atoms with van der Waals surface area (Å²) in [5.74, 6) is 1.67. The second-order valence-electron chi connectivity index (χ2n) is 5.95. The number of aliphatic imine (C=N–C) groups is 1. The first-order chi connectivity index (χ1) is 13.3. The Morgan fingerprint density at radius 1 is 1.11 bits per heavy atom. The number of guanidine groups is 1. The fourth-order valence-corrected chi connectivity index (χ4v) is 3.49. The summed E-state index contributed by atoms with van der Waals surface area (Å²) in [4.78, 5) is 9.87. The van der Waals surface area contributed by atoms with E-state index in [4.69, 9.17) is 4.74 Å². The van der Waals surface area contributed by atoms with E-state index < -0.39 is 0 Å². The number of benzene rings is 1. The Balaban J connectivity index is 1.49. The molecule has 5 nitrogen and oxygen atoms in total. The van der Waals surface area contributed by atoms with Crippen molar-refractivity contribution in [1.29, 1.82) is 0 Å². The van der Waals surface area contributed by atoms with Crippen LogP contribution in [0.1, 0.15) is 10.6 Å². The van der Waals surface area contributed by atoms with Crippen LogP contribution in [0.15, 0.2) is 65.1 Å². The summed E-state index contributed by atoms with van der Waals surface area (Å²) in [7, 11) is 3.47.